The highest BCUT2D eigenvalue weighted by atomic mass is 79.9. The van der Waals surface area contributed by atoms with E-state index in [1.807, 2.05) is 39.0 Å². The molecule has 2 aromatic rings. The minimum Gasteiger partial charge on any atom is -0.289 e. The lowest BCUT2D eigenvalue weighted by atomic mass is 9.91. The summed E-state index contributed by atoms with van der Waals surface area (Å²) in [7, 11) is 0. The molecule has 0 aliphatic heterocycles. The SMILES string of the molecule is Cc1cc(C)c(C(=O)c2ccc(Br)cc2C)c(C)c1. The summed E-state index contributed by atoms with van der Waals surface area (Å²) in [6, 6.07) is 9.91. The minimum atomic E-state index is 0.111. The highest BCUT2D eigenvalue weighted by molar-refractivity contribution is 9.10. The Labute approximate surface area is 122 Å². The van der Waals surface area contributed by atoms with Gasteiger partial charge in [-0.3, -0.25) is 4.79 Å². The van der Waals surface area contributed by atoms with E-state index in [4.69, 9.17) is 0 Å². The molecule has 0 heterocycles. The van der Waals surface area contributed by atoms with E-state index in [-0.39, 0.29) is 5.78 Å². The minimum absolute atomic E-state index is 0.111. The number of aryl methyl sites for hydroxylation is 4. The van der Waals surface area contributed by atoms with Gasteiger partial charge in [0.15, 0.2) is 5.78 Å². The Bertz CT molecular complexity index is 633. The third-order valence-corrected chi connectivity index (χ3v) is 3.83. The molecule has 0 saturated carbocycles. The van der Waals surface area contributed by atoms with Crippen LogP contribution < -0.4 is 0 Å². The quantitative estimate of drug-likeness (QED) is 0.719. The average molecular weight is 317 g/mol. The molecule has 1 nitrogen and oxygen atoms in total. The van der Waals surface area contributed by atoms with Gasteiger partial charge in [0.25, 0.3) is 0 Å². The van der Waals surface area contributed by atoms with Gasteiger partial charge in [-0.15, -0.1) is 0 Å². The highest BCUT2D eigenvalue weighted by Crippen LogP contribution is 2.23. The Balaban J connectivity index is 2.56. The molecule has 0 aromatic heterocycles. The molecule has 0 radical (unpaired) electrons. The van der Waals surface area contributed by atoms with Gasteiger partial charge in [0.2, 0.25) is 0 Å². The molecule has 0 N–H and O–H groups in total. The number of benzene rings is 2. The second-order valence-corrected chi connectivity index (χ2v) is 5.98. The molecule has 0 unspecified atom stereocenters. The Kier molecular flexibility index (Phi) is 3.91. The first-order valence-electron chi connectivity index (χ1n) is 6.29. The molecule has 0 atom stereocenters. The summed E-state index contributed by atoms with van der Waals surface area (Å²) < 4.78 is 0.999. The van der Waals surface area contributed by atoms with Crippen LogP contribution in [0.4, 0.5) is 0 Å². The molecule has 0 saturated heterocycles. The van der Waals surface area contributed by atoms with Gasteiger partial charge in [-0.25, -0.2) is 0 Å². The van der Waals surface area contributed by atoms with Crippen LogP contribution in [0.15, 0.2) is 34.8 Å². The van der Waals surface area contributed by atoms with Crippen LogP contribution in [0.5, 0.6) is 0 Å². The van der Waals surface area contributed by atoms with Crippen LogP contribution in [0.2, 0.25) is 0 Å². The van der Waals surface area contributed by atoms with Gasteiger partial charge in [-0.05, 0) is 62.6 Å². The molecular weight excluding hydrogens is 300 g/mol. The van der Waals surface area contributed by atoms with Crippen molar-refractivity contribution < 1.29 is 4.79 Å². The van der Waals surface area contributed by atoms with Crippen molar-refractivity contribution in [2.45, 2.75) is 27.7 Å². The maximum Gasteiger partial charge on any atom is 0.193 e. The van der Waals surface area contributed by atoms with E-state index in [9.17, 15) is 4.79 Å². The van der Waals surface area contributed by atoms with E-state index in [2.05, 4.69) is 35.0 Å². The Morgan fingerprint density at radius 2 is 1.47 bits per heavy atom. The number of hydrogen-bond acceptors (Lipinski definition) is 1. The first-order chi connectivity index (χ1) is 8.90. The van der Waals surface area contributed by atoms with Gasteiger partial charge < -0.3 is 0 Å². The van der Waals surface area contributed by atoms with Crippen LogP contribution in [-0.4, -0.2) is 5.78 Å². The molecule has 2 rings (SSSR count). The summed E-state index contributed by atoms with van der Waals surface area (Å²) in [5.41, 5.74) is 5.89. The van der Waals surface area contributed by atoms with Crippen LogP contribution in [0.3, 0.4) is 0 Å². The molecule has 98 valence electrons. The molecule has 0 bridgehead atoms. The largest absolute Gasteiger partial charge is 0.289 e. The van der Waals surface area contributed by atoms with Gasteiger partial charge >= 0.3 is 0 Å². The van der Waals surface area contributed by atoms with Crippen molar-refractivity contribution in [1.82, 2.24) is 0 Å². The van der Waals surface area contributed by atoms with Crippen molar-refractivity contribution >= 4 is 21.7 Å². The van der Waals surface area contributed by atoms with Crippen molar-refractivity contribution in [3.05, 3.63) is 68.2 Å². The maximum absolute atomic E-state index is 12.7. The monoisotopic (exact) mass is 316 g/mol. The summed E-state index contributed by atoms with van der Waals surface area (Å²) in [6.45, 7) is 8.03. The zero-order valence-electron chi connectivity index (χ0n) is 11.7. The van der Waals surface area contributed by atoms with Gasteiger partial charge in [0.05, 0.1) is 0 Å². The molecule has 0 amide bonds. The van der Waals surface area contributed by atoms with E-state index in [1.54, 1.807) is 0 Å². The lowest BCUT2D eigenvalue weighted by Crippen LogP contribution is -2.08. The van der Waals surface area contributed by atoms with E-state index < -0.39 is 0 Å². The molecule has 19 heavy (non-hydrogen) atoms. The molecule has 2 heteroatoms. The Hall–Kier alpha value is -1.41. The van der Waals surface area contributed by atoms with Crippen LogP contribution in [0.25, 0.3) is 0 Å². The summed E-state index contributed by atoms with van der Waals surface area (Å²) in [5.74, 6) is 0.111. The number of halogens is 1. The standard InChI is InChI=1S/C17H17BrO/c1-10-7-12(3)16(13(4)8-10)17(19)15-6-5-14(18)9-11(15)2/h5-9H,1-4H3. The Morgan fingerprint density at radius 1 is 0.895 bits per heavy atom. The summed E-state index contributed by atoms with van der Waals surface area (Å²) in [5, 5.41) is 0. The highest BCUT2D eigenvalue weighted by Gasteiger charge is 2.16. The fourth-order valence-electron chi connectivity index (χ4n) is 2.55. The van der Waals surface area contributed by atoms with Gasteiger partial charge in [-0.1, -0.05) is 33.6 Å². The molecule has 0 aliphatic carbocycles. The third-order valence-electron chi connectivity index (χ3n) is 3.34. The zero-order valence-corrected chi connectivity index (χ0v) is 13.3. The first-order valence-corrected chi connectivity index (χ1v) is 7.08. The van der Waals surface area contributed by atoms with E-state index in [0.29, 0.717) is 0 Å². The first kappa shape index (κ1) is 14.0. The third kappa shape index (κ3) is 2.79. The number of rotatable bonds is 2. The molecule has 0 fully saturated rings. The van der Waals surface area contributed by atoms with Crippen molar-refractivity contribution in [1.29, 1.82) is 0 Å². The molecular formula is C17H17BrO. The van der Waals surface area contributed by atoms with Crippen LogP contribution in [0, 0.1) is 27.7 Å². The van der Waals surface area contributed by atoms with Crippen molar-refractivity contribution in [3.8, 4) is 0 Å². The summed E-state index contributed by atoms with van der Waals surface area (Å²) in [6.07, 6.45) is 0. The number of ketones is 1. The topological polar surface area (TPSA) is 17.1 Å². The number of carbonyl (C=O) groups is 1. The lowest BCUT2D eigenvalue weighted by molar-refractivity contribution is 0.103. The van der Waals surface area contributed by atoms with Crippen LogP contribution in [0.1, 0.15) is 38.2 Å². The summed E-state index contributed by atoms with van der Waals surface area (Å²) in [4.78, 5) is 12.7. The van der Waals surface area contributed by atoms with Crippen molar-refractivity contribution in [3.63, 3.8) is 0 Å². The fraction of sp³-hybridized carbons (Fsp3) is 0.235. The van der Waals surface area contributed by atoms with Crippen LogP contribution in [-0.2, 0) is 0 Å². The average Bonchev–Trinajstić information content (AvgIpc) is 2.26. The zero-order chi connectivity index (χ0) is 14.2. The number of hydrogen-bond donors (Lipinski definition) is 0. The van der Waals surface area contributed by atoms with Crippen molar-refractivity contribution in [2.75, 3.05) is 0 Å². The van der Waals surface area contributed by atoms with Gasteiger partial charge in [0.1, 0.15) is 0 Å². The molecule has 0 spiro atoms. The van der Waals surface area contributed by atoms with Gasteiger partial charge in [0, 0.05) is 15.6 Å². The number of carbonyl (C=O) groups excluding carboxylic acids is 1. The van der Waals surface area contributed by atoms with Gasteiger partial charge in [-0.2, -0.15) is 0 Å². The van der Waals surface area contributed by atoms with E-state index in [0.717, 1.165) is 32.3 Å². The molecule has 0 aliphatic rings. The second kappa shape index (κ2) is 5.30. The predicted octanol–water partition coefficient (Wildman–Crippen LogP) is 4.91. The van der Waals surface area contributed by atoms with Crippen molar-refractivity contribution in [2.24, 2.45) is 0 Å². The normalized spacial score (nSPS) is 10.6. The summed E-state index contributed by atoms with van der Waals surface area (Å²) >= 11 is 3.43. The second-order valence-electron chi connectivity index (χ2n) is 5.06. The molecule has 2 aromatic carbocycles. The smallest absolute Gasteiger partial charge is 0.193 e. The van der Waals surface area contributed by atoms with E-state index >= 15 is 0 Å². The van der Waals surface area contributed by atoms with Crippen LogP contribution >= 0.6 is 15.9 Å². The lowest BCUT2D eigenvalue weighted by Gasteiger charge is -2.12. The van der Waals surface area contributed by atoms with E-state index in [1.165, 1.54) is 5.56 Å². The maximum atomic E-state index is 12.7. The Morgan fingerprint density at radius 3 is 2.00 bits per heavy atom. The predicted molar refractivity (Wildman–Crippen MR) is 83.0 cm³/mol. The fourth-order valence-corrected chi connectivity index (χ4v) is 3.03.